The van der Waals surface area contributed by atoms with Gasteiger partial charge < -0.3 is 9.42 Å². The minimum Gasteiger partial charge on any atom is -0.340 e. The SMILES string of the molecule is Cc1cc2nc(C)c(CCC(=O)N3CCN(Cc4nc(-c5ccc(Cl)cc5)no4)CC3)c(C)n2n1. The van der Waals surface area contributed by atoms with E-state index < -0.39 is 0 Å². The summed E-state index contributed by atoms with van der Waals surface area (Å²) in [5.41, 5.74) is 5.77. The van der Waals surface area contributed by atoms with E-state index in [0.29, 0.717) is 49.2 Å². The summed E-state index contributed by atoms with van der Waals surface area (Å²) in [6.45, 7) is 9.48. The third-order valence-corrected chi connectivity index (χ3v) is 6.78. The van der Waals surface area contributed by atoms with Gasteiger partial charge in [0.1, 0.15) is 0 Å². The number of aryl methyl sites for hydroxylation is 3. The van der Waals surface area contributed by atoms with Crippen molar-refractivity contribution in [2.75, 3.05) is 26.2 Å². The molecule has 35 heavy (non-hydrogen) atoms. The molecule has 0 aliphatic carbocycles. The van der Waals surface area contributed by atoms with E-state index >= 15 is 0 Å². The summed E-state index contributed by atoms with van der Waals surface area (Å²) < 4.78 is 7.31. The fraction of sp³-hybridized carbons (Fsp3) is 0.400. The maximum atomic E-state index is 12.9. The van der Waals surface area contributed by atoms with Gasteiger partial charge in [0.2, 0.25) is 17.6 Å². The maximum Gasteiger partial charge on any atom is 0.241 e. The van der Waals surface area contributed by atoms with Crippen LogP contribution in [0.1, 0.15) is 35.0 Å². The Hall–Kier alpha value is -3.30. The third kappa shape index (κ3) is 5.06. The normalized spacial score (nSPS) is 14.7. The van der Waals surface area contributed by atoms with Crippen LogP contribution in [-0.2, 0) is 17.8 Å². The molecule has 1 amide bonds. The number of hydrogen-bond donors (Lipinski definition) is 0. The van der Waals surface area contributed by atoms with Crippen LogP contribution in [0.25, 0.3) is 17.0 Å². The van der Waals surface area contributed by atoms with Gasteiger partial charge in [-0.1, -0.05) is 16.8 Å². The highest BCUT2D eigenvalue weighted by Gasteiger charge is 2.23. The van der Waals surface area contributed by atoms with Crippen molar-refractivity contribution in [1.82, 2.24) is 34.5 Å². The second kappa shape index (κ2) is 9.75. The topological polar surface area (TPSA) is 92.7 Å². The number of amides is 1. The smallest absolute Gasteiger partial charge is 0.241 e. The van der Waals surface area contributed by atoms with Crippen molar-refractivity contribution < 1.29 is 9.32 Å². The van der Waals surface area contributed by atoms with Crippen LogP contribution >= 0.6 is 11.6 Å². The number of carbonyl (C=O) groups excluding carboxylic acids is 1. The van der Waals surface area contributed by atoms with Crippen molar-refractivity contribution >= 4 is 23.2 Å². The zero-order valence-corrected chi connectivity index (χ0v) is 20.9. The zero-order valence-electron chi connectivity index (χ0n) is 20.2. The number of fused-ring (bicyclic) bond motifs is 1. The summed E-state index contributed by atoms with van der Waals surface area (Å²) in [5.74, 6) is 1.29. The second-order valence-corrected chi connectivity index (χ2v) is 9.43. The van der Waals surface area contributed by atoms with Gasteiger partial charge in [-0.15, -0.1) is 0 Å². The van der Waals surface area contributed by atoms with Crippen LogP contribution < -0.4 is 0 Å². The molecule has 1 fully saturated rings. The van der Waals surface area contributed by atoms with Gasteiger partial charge in [0, 0.05) is 60.6 Å². The molecule has 0 atom stereocenters. The average molecular weight is 494 g/mol. The highest BCUT2D eigenvalue weighted by atomic mass is 35.5. The molecule has 0 unspecified atom stereocenters. The van der Waals surface area contributed by atoms with Crippen molar-refractivity contribution in [2.24, 2.45) is 0 Å². The minimum atomic E-state index is 0.169. The lowest BCUT2D eigenvalue weighted by Crippen LogP contribution is -2.48. The molecular weight excluding hydrogens is 466 g/mol. The number of benzene rings is 1. The third-order valence-electron chi connectivity index (χ3n) is 6.53. The van der Waals surface area contributed by atoms with E-state index in [9.17, 15) is 4.79 Å². The van der Waals surface area contributed by atoms with E-state index in [2.05, 4.69) is 25.1 Å². The summed E-state index contributed by atoms with van der Waals surface area (Å²) in [4.78, 5) is 26.3. The summed E-state index contributed by atoms with van der Waals surface area (Å²) in [7, 11) is 0. The molecule has 1 aromatic carbocycles. The predicted octanol–water partition coefficient (Wildman–Crippen LogP) is 3.63. The van der Waals surface area contributed by atoms with E-state index in [4.69, 9.17) is 16.1 Å². The molecule has 0 spiro atoms. The van der Waals surface area contributed by atoms with Crippen molar-refractivity contribution in [2.45, 2.75) is 40.2 Å². The molecule has 0 bridgehead atoms. The first kappa shape index (κ1) is 23.4. The Morgan fingerprint density at radius 2 is 1.80 bits per heavy atom. The number of piperazine rings is 1. The van der Waals surface area contributed by atoms with E-state index in [0.717, 1.165) is 46.9 Å². The van der Waals surface area contributed by atoms with Gasteiger partial charge in [0.05, 0.1) is 12.2 Å². The Morgan fingerprint density at radius 3 is 2.54 bits per heavy atom. The standard InChI is InChI=1S/C25H28ClN7O2/c1-16-14-22-27-17(2)21(18(3)33(22)29-16)8-9-24(34)32-12-10-31(11-13-32)15-23-28-25(30-35-23)19-4-6-20(26)7-5-19/h4-7,14H,8-13,15H2,1-3H3. The number of carbonyl (C=O) groups is 1. The van der Waals surface area contributed by atoms with E-state index in [1.54, 1.807) is 12.1 Å². The number of nitrogens with zero attached hydrogens (tertiary/aromatic N) is 7. The highest BCUT2D eigenvalue weighted by molar-refractivity contribution is 6.30. The number of hydrogen-bond acceptors (Lipinski definition) is 7. The lowest BCUT2D eigenvalue weighted by molar-refractivity contribution is -0.133. The Bertz CT molecular complexity index is 1350. The number of halogens is 1. The monoisotopic (exact) mass is 493 g/mol. The molecule has 0 saturated carbocycles. The molecule has 0 radical (unpaired) electrons. The van der Waals surface area contributed by atoms with Gasteiger partial charge in [0.25, 0.3) is 0 Å². The van der Waals surface area contributed by atoms with E-state index in [1.165, 1.54) is 0 Å². The average Bonchev–Trinajstić information content (AvgIpc) is 3.46. The number of rotatable bonds is 6. The van der Waals surface area contributed by atoms with Gasteiger partial charge in [0.15, 0.2) is 5.65 Å². The Balaban J connectivity index is 1.14. The Kier molecular flexibility index (Phi) is 6.53. The molecule has 182 valence electrons. The minimum absolute atomic E-state index is 0.169. The summed E-state index contributed by atoms with van der Waals surface area (Å²) in [6, 6.07) is 9.32. The Morgan fingerprint density at radius 1 is 1.06 bits per heavy atom. The van der Waals surface area contributed by atoms with Crippen LogP contribution in [0.3, 0.4) is 0 Å². The molecule has 9 nitrogen and oxygen atoms in total. The van der Waals surface area contributed by atoms with E-state index in [1.807, 2.05) is 48.4 Å². The largest absolute Gasteiger partial charge is 0.340 e. The number of aromatic nitrogens is 5. The summed E-state index contributed by atoms with van der Waals surface area (Å²) in [5, 5.41) is 9.28. The summed E-state index contributed by atoms with van der Waals surface area (Å²) in [6.07, 6.45) is 1.12. The van der Waals surface area contributed by atoms with Crippen molar-refractivity contribution in [3.05, 3.63) is 63.9 Å². The maximum absolute atomic E-state index is 12.9. The van der Waals surface area contributed by atoms with Crippen LogP contribution in [0.2, 0.25) is 5.02 Å². The molecule has 4 heterocycles. The molecule has 4 aromatic rings. The molecule has 3 aromatic heterocycles. The van der Waals surface area contributed by atoms with Gasteiger partial charge in [-0.3, -0.25) is 9.69 Å². The van der Waals surface area contributed by atoms with Crippen LogP contribution in [0.4, 0.5) is 0 Å². The Labute approximate surface area is 208 Å². The van der Waals surface area contributed by atoms with Gasteiger partial charge >= 0.3 is 0 Å². The molecule has 0 N–H and O–H groups in total. The van der Waals surface area contributed by atoms with Crippen molar-refractivity contribution in [3.63, 3.8) is 0 Å². The molecule has 1 aliphatic rings. The van der Waals surface area contributed by atoms with Gasteiger partial charge in [-0.25, -0.2) is 9.50 Å². The zero-order chi connectivity index (χ0) is 24.5. The quantitative estimate of drug-likeness (QED) is 0.405. The van der Waals surface area contributed by atoms with Gasteiger partial charge in [-0.05, 0) is 57.0 Å². The molecule has 1 aliphatic heterocycles. The van der Waals surface area contributed by atoms with E-state index in [-0.39, 0.29) is 5.91 Å². The molecule has 5 rings (SSSR count). The first-order valence-corrected chi connectivity index (χ1v) is 12.2. The highest BCUT2D eigenvalue weighted by Crippen LogP contribution is 2.20. The van der Waals surface area contributed by atoms with Crippen molar-refractivity contribution in [1.29, 1.82) is 0 Å². The van der Waals surface area contributed by atoms with Crippen molar-refractivity contribution in [3.8, 4) is 11.4 Å². The molecule has 1 saturated heterocycles. The summed E-state index contributed by atoms with van der Waals surface area (Å²) >= 11 is 5.95. The van der Waals surface area contributed by atoms with Crippen LogP contribution in [0.15, 0.2) is 34.9 Å². The second-order valence-electron chi connectivity index (χ2n) is 8.99. The fourth-order valence-electron chi connectivity index (χ4n) is 4.58. The van der Waals surface area contributed by atoms with Crippen LogP contribution in [-0.4, -0.2) is 66.6 Å². The van der Waals surface area contributed by atoms with Crippen LogP contribution in [0, 0.1) is 20.8 Å². The van der Waals surface area contributed by atoms with Crippen LogP contribution in [0.5, 0.6) is 0 Å². The molecule has 10 heteroatoms. The van der Waals surface area contributed by atoms with Gasteiger partial charge in [-0.2, -0.15) is 10.1 Å². The first-order valence-electron chi connectivity index (χ1n) is 11.8. The lowest BCUT2D eigenvalue weighted by atomic mass is 10.1. The first-order chi connectivity index (χ1) is 16.9. The predicted molar refractivity (Wildman–Crippen MR) is 132 cm³/mol. The molecular formula is C25H28ClN7O2. The fourth-order valence-corrected chi connectivity index (χ4v) is 4.70. The lowest BCUT2D eigenvalue weighted by Gasteiger charge is -2.34.